The number of carbonyl (C=O) groups is 1. The third kappa shape index (κ3) is 7.10. The fraction of sp³-hybridized carbons (Fsp3) is 0.462. The molecule has 1 aromatic rings. The Labute approximate surface area is 128 Å². The van der Waals surface area contributed by atoms with Crippen molar-refractivity contribution in [2.24, 2.45) is 0 Å². The Hall–Kier alpha value is -1.60. The third-order valence-corrected chi connectivity index (χ3v) is 2.35. The molecule has 8 heteroatoms. The molecular weight excluding hydrogens is 306 g/mol. The van der Waals surface area contributed by atoms with Crippen molar-refractivity contribution >= 4 is 18.3 Å². The van der Waals surface area contributed by atoms with Crippen LogP contribution in [0.15, 0.2) is 18.2 Å². The SMILES string of the molecule is CCOc1cc(CNC(=O)CNC)ccc1OC(F)F.Cl. The fourth-order valence-electron chi connectivity index (χ4n) is 1.55. The van der Waals surface area contributed by atoms with Gasteiger partial charge in [0, 0.05) is 6.54 Å². The molecule has 0 bridgehead atoms. The van der Waals surface area contributed by atoms with Gasteiger partial charge >= 0.3 is 6.61 Å². The first-order chi connectivity index (χ1) is 9.56. The molecule has 1 aromatic carbocycles. The van der Waals surface area contributed by atoms with E-state index in [9.17, 15) is 13.6 Å². The highest BCUT2D eigenvalue weighted by molar-refractivity contribution is 5.85. The van der Waals surface area contributed by atoms with Crippen LogP contribution in [-0.2, 0) is 11.3 Å². The predicted octanol–water partition coefficient (Wildman–Crippen LogP) is 1.94. The standard InChI is InChI=1S/C13H18F2N2O3.ClH/c1-3-19-11-6-9(7-17-12(18)8-16-2)4-5-10(11)20-13(14)15;/h4-6,13,16H,3,7-8H2,1-2H3,(H,17,18);1H. The third-order valence-electron chi connectivity index (χ3n) is 2.35. The van der Waals surface area contributed by atoms with E-state index in [1.54, 1.807) is 26.1 Å². The lowest BCUT2D eigenvalue weighted by molar-refractivity contribution is -0.120. The van der Waals surface area contributed by atoms with Gasteiger partial charge < -0.3 is 20.1 Å². The van der Waals surface area contributed by atoms with Gasteiger partial charge in [-0.1, -0.05) is 6.07 Å². The lowest BCUT2D eigenvalue weighted by atomic mass is 10.2. The molecule has 21 heavy (non-hydrogen) atoms. The Morgan fingerprint density at radius 1 is 1.33 bits per heavy atom. The van der Waals surface area contributed by atoms with E-state index in [4.69, 9.17) is 4.74 Å². The van der Waals surface area contributed by atoms with Crippen molar-refractivity contribution in [3.8, 4) is 11.5 Å². The summed E-state index contributed by atoms with van der Waals surface area (Å²) >= 11 is 0. The number of hydrogen-bond acceptors (Lipinski definition) is 4. The topological polar surface area (TPSA) is 59.6 Å². The minimum Gasteiger partial charge on any atom is -0.490 e. The van der Waals surface area contributed by atoms with Gasteiger partial charge in [-0.25, -0.2) is 0 Å². The number of hydrogen-bond donors (Lipinski definition) is 2. The molecule has 1 amide bonds. The van der Waals surface area contributed by atoms with E-state index >= 15 is 0 Å². The molecule has 2 N–H and O–H groups in total. The van der Waals surface area contributed by atoms with Crippen molar-refractivity contribution in [1.29, 1.82) is 0 Å². The van der Waals surface area contributed by atoms with Crippen molar-refractivity contribution in [3.63, 3.8) is 0 Å². The number of carbonyl (C=O) groups excluding carboxylic acids is 1. The summed E-state index contributed by atoms with van der Waals surface area (Å²) in [6.07, 6.45) is 0. The smallest absolute Gasteiger partial charge is 0.387 e. The number of alkyl halides is 2. The summed E-state index contributed by atoms with van der Waals surface area (Å²) in [5.41, 5.74) is 0.736. The Bertz CT molecular complexity index is 447. The van der Waals surface area contributed by atoms with E-state index in [0.29, 0.717) is 6.61 Å². The zero-order valence-electron chi connectivity index (χ0n) is 11.8. The van der Waals surface area contributed by atoms with Crippen LogP contribution in [0.25, 0.3) is 0 Å². The normalized spacial score (nSPS) is 9.95. The number of ether oxygens (including phenoxy) is 2. The van der Waals surface area contributed by atoms with E-state index in [1.165, 1.54) is 6.07 Å². The van der Waals surface area contributed by atoms with Gasteiger partial charge in [-0.05, 0) is 31.7 Å². The largest absolute Gasteiger partial charge is 0.490 e. The summed E-state index contributed by atoms with van der Waals surface area (Å²) in [6, 6.07) is 4.57. The van der Waals surface area contributed by atoms with Gasteiger partial charge in [0.25, 0.3) is 0 Å². The number of benzene rings is 1. The van der Waals surface area contributed by atoms with Crippen molar-refractivity contribution < 1.29 is 23.0 Å². The molecule has 0 radical (unpaired) electrons. The van der Waals surface area contributed by atoms with Crippen molar-refractivity contribution in [3.05, 3.63) is 23.8 Å². The lowest BCUT2D eigenvalue weighted by Crippen LogP contribution is -2.31. The molecule has 0 spiro atoms. The van der Waals surface area contributed by atoms with Crippen LogP contribution in [-0.4, -0.2) is 32.7 Å². The Morgan fingerprint density at radius 2 is 2.05 bits per heavy atom. The van der Waals surface area contributed by atoms with Gasteiger partial charge in [-0.3, -0.25) is 4.79 Å². The number of nitrogens with one attached hydrogen (secondary N) is 2. The van der Waals surface area contributed by atoms with Gasteiger partial charge in [0.15, 0.2) is 11.5 Å². The Kier molecular flexibility index (Phi) is 9.40. The minimum absolute atomic E-state index is 0. The average Bonchev–Trinajstić information content (AvgIpc) is 2.39. The molecule has 0 unspecified atom stereocenters. The second-order valence-electron chi connectivity index (χ2n) is 3.90. The molecule has 0 aliphatic heterocycles. The molecular formula is C13H19ClF2N2O3. The molecule has 0 aliphatic carbocycles. The van der Waals surface area contributed by atoms with Crippen LogP contribution < -0.4 is 20.1 Å². The van der Waals surface area contributed by atoms with Crippen molar-refractivity contribution in [2.45, 2.75) is 20.1 Å². The molecule has 120 valence electrons. The molecule has 5 nitrogen and oxygen atoms in total. The van der Waals surface area contributed by atoms with Crippen LogP contribution in [0.3, 0.4) is 0 Å². The van der Waals surface area contributed by atoms with Gasteiger partial charge in [0.1, 0.15) is 0 Å². The summed E-state index contributed by atoms with van der Waals surface area (Å²) < 4.78 is 34.1. The molecule has 0 saturated heterocycles. The number of amides is 1. The second-order valence-corrected chi connectivity index (χ2v) is 3.90. The lowest BCUT2D eigenvalue weighted by Gasteiger charge is -2.13. The van der Waals surface area contributed by atoms with Gasteiger partial charge in [0.05, 0.1) is 13.2 Å². The summed E-state index contributed by atoms with van der Waals surface area (Å²) in [5.74, 6) is 0.0543. The van der Waals surface area contributed by atoms with Gasteiger partial charge in [0.2, 0.25) is 5.91 Å². The number of likely N-dealkylation sites (N-methyl/N-ethyl adjacent to an activating group) is 1. The molecule has 0 fully saturated rings. The van der Waals surface area contributed by atoms with Crippen molar-refractivity contribution in [2.75, 3.05) is 20.2 Å². The van der Waals surface area contributed by atoms with E-state index in [-0.39, 0.29) is 42.9 Å². The van der Waals surface area contributed by atoms with Crippen LogP contribution in [0.4, 0.5) is 8.78 Å². The van der Waals surface area contributed by atoms with Crippen molar-refractivity contribution in [1.82, 2.24) is 10.6 Å². The second kappa shape index (κ2) is 10.2. The molecule has 0 heterocycles. The van der Waals surface area contributed by atoms with E-state index in [1.807, 2.05) is 0 Å². The summed E-state index contributed by atoms with van der Waals surface area (Å²) in [7, 11) is 1.67. The highest BCUT2D eigenvalue weighted by Gasteiger charge is 2.11. The number of halogens is 3. The first-order valence-electron chi connectivity index (χ1n) is 6.18. The number of rotatable bonds is 8. The van der Waals surface area contributed by atoms with Gasteiger partial charge in [-0.15, -0.1) is 12.4 Å². The Morgan fingerprint density at radius 3 is 2.62 bits per heavy atom. The summed E-state index contributed by atoms with van der Waals surface area (Å²) in [6.45, 7) is -0.335. The minimum atomic E-state index is -2.91. The molecule has 0 aliphatic rings. The van der Waals surface area contributed by atoms with Crippen LogP contribution in [0.2, 0.25) is 0 Å². The van der Waals surface area contributed by atoms with E-state index < -0.39 is 6.61 Å². The quantitative estimate of drug-likeness (QED) is 0.767. The highest BCUT2D eigenvalue weighted by atomic mass is 35.5. The zero-order valence-corrected chi connectivity index (χ0v) is 12.6. The summed E-state index contributed by atoms with van der Waals surface area (Å²) in [5, 5.41) is 5.41. The molecule has 0 aromatic heterocycles. The summed E-state index contributed by atoms with van der Waals surface area (Å²) in [4.78, 5) is 11.3. The van der Waals surface area contributed by atoms with Crippen LogP contribution in [0, 0.1) is 0 Å². The maximum atomic E-state index is 12.2. The first kappa shape index (κ1) is 19.4. The van der Waals surface area contributed by atoms with Crippen LogP contribution in [0.1, 0.15) is 12.5 Å². The molecule has 0 atom stereocenters. The maximum Gasteiger partial charge on any atom is 0.387 e. The fourth-order valence-corrected chi connectivity index (χ4v) is 1.55. The predicted molar refractivity (Wildman–Crippen MR) is 77.3 cm³/mol. The monoisotopic (exact) mass is 324 g/mol. The highest BCUT2D eigenvalue weighted by Crippen LogP contribution is 2.29. The van der Waals surface area contributed by atoms with E-state index in [2.05, 4.69) is 15.4 Å². The Balaban J connectivity index is 0.00000400. The van der Waals surface area contributed by atoms with E-state index in [0.717, 1.165) is 5.56 Å². The van der Waals surface area contributed by atoms with Gasteiger partial charge in [-0.2, -0.15) is 8.78 Å². The average molecular weight is 325 g/mol. The molecule has 0 saturated carbocycles. The maximum absolute atomic E-state index is 12.2. The van der Waals surface area contributed by atoms with Crippen LogP contribution >= 0.6 is 12.4 Å². The molecule has 1 rings (SSSR count). The van der Waals surface area contributed by atoms with Crippen LogP contribution in [0.5, 0.6) is 11.5 Å². The first-order valence-corrected chi connectivity index (χ1v) is 6.18. The zero-order chi connectivity index (χ0) is 15.0.